The van der Waals surface area contributed by atoms with Gasteiger partial charge in [0.25, 0.3) is 0 Å². The Bertz CT molecular complexity index is 861. The summed E-state index contributed by atoms with van der Waals surface area (Å²) in [6.07, 6.45) is 6.89. The summed E-state index contributed by atoms with van der Waals surface area (Å²) in [5.41, 5.74) is 9.46. The summed E-state index contributed by atoms with van der Waals surface area (Å²) >= 11 is 0. The van der Waals surface area contributed by atoms with Crippen LogP contribution in [-0.4, -0.2) is 23.8 Å². The van der Waals surface area contributed by atoms with Crippen LogP contribution < -0.4 is 16.9 Å². The summed E-state index contributed by atoms with van der Waals surface area (Å²) in [6.45, 7) is 0.638. The van der Waals surface area contributed by atoms with Crippen molar-refractivity contribution in [2.75, 3.05) is 12.3 Å². The number of fused-ring (bicyclic) bond motifs is 1. The average molecular weight is 410 g/mol. The molecule has 2 aliphatic rings. The molecule has 6 heteroatoms. The molecule has 30 heavy (non-hydrogen) atoms. The van der Waals surface area contributed by atoms with Gasteiger partial charge in [-0.1, -0.05) is 36.4 Å². The highest BCUT2D eigenvalue weighted by Gasteiger charge is 2.48. The number of carbonyl (C=O) groups excluding carboxylic acids is 2. The minimum absolute atomic E-state index is 0.124. The number of hydrogen-bond acceptors (Lipinski definition) is 6. The van der Waals surface area contributed by atoms with Gasteiger partial charge in [-0.25, -0.2) is 4.79 Å². The summed E-state index contributed by atoms with van der Waals surface area (Å²) in [5.74, 6) is 4.16. The molecule has 0 spiro atoms. The molecule has 0 saturated carbocycles. The van der Waals surface area contributed by atoms with Crippen LogP contribution >= 0.6 is 0 Å². The Morgan fingerprint density at radius 3 is 2.50 bits per heavy atom. The Hall–Kier alpha value is -2.70. The van der Waals surface area contributed by atoms with Gasteiger partial charge in [0.1, 0.15) is 0 Å². The number of Topliss-reactive ketones (excluding diaryl/α,β-unsaturated/α-hetero) is 1. The molecule has 0 aromatic heterocycles. The van der Waals surface area contributed by atoms with E-state index in [0.717, 1.165) is 18.5 Å². The van der Waals surface area contributed by atoms with E-state index in [2.05, 4.69) is 22.3 Å². The van der Waals surface area contributed by atoms with Crippen LogP contribution in [0.2, 0.25) is 0 Å². The SMILES string of the molecule is NOC(=O)[C@]1(C(=O)CCCc2ccccc2)CCCN1.Nc1ccc2c(c1)CCC2. The van der Waals surface area contributed by atoms with E-state index in [1.807, 2.05) is 36.4 Å². The lowest BCUT2D eigenvalue weighted by atomic mass is 9.88. The van der Waals surface area contributed by atoms with Crippen molar-refractivity contribution >= 4 is 17.4 Å². The van der Waals surface area contributed by atoms with Crippen LogP contribution in [-0.2, 0) is 33.7 Å². The van der Waals surface area contributed by atoms with Crippen LogP contribution in [0.3, 0.4) is 0 Å². The molecule has 1 saturated heterocycles. The maximum absolute atomic E-state index is 12.3. The number of aryl methyl sites for hydroxylation is 3. The number of hydrogen-bond donors (Lipinski definition) is 3. The Labute approximate surface area is 177 Å². The van der Waals surface area contributed by atoms with E-state index < -0.39 is 11.5 Å². The van der Waals surface area contributed by atoms with Crippen molar-refractivity contribution in [2.45, 2.75) is 56.9 Å². The van der Waals surface area contributed by atoms with Gasteiger partial charge in [-0.3, -0.25) is 10.1 Å². The van der Waals surface area contributed by atoms with Crippen LogP contribution in [0.5, 0.6) is 0 Å². The zero-order valence-corrected chi connectivity index (χ0v) is 17.4. The molecular weight excluding hydrogens is 378 g/mol. The molecule has 1 aliphatic carbocycles. The Morgan fingerprint density at radius 2 is 1.80 bits per heavy atom. The van der Waals surface area contributed by atoms with Gasteiger partial charge < -0.3 is 10.6 Å². The monoisotopic (exact) mass is 409 g/mol. The molecule has 0 unspecified atom stereocenters. The minimum Gasteiger partial charge on any atom is -0.399 e. The minimum atomic E-state index is -1.22. The second-order valence-corrected chi connectivity index (χ2v) is 7.98. The second-order valence-electron chi connectivity index (χ2n) is 7.98. The number of nitrogens with two attached hydrogens (primary N) is 2. The summed E-state index contributed by atoms with van der Waals surface area (Å²) < 4.78 is 0. The molecule has 6 nitrogen and oxygen atoms in total. The summed E-state index contributed by atoms with van der Waals surface area (Å²) in [7, 11) is 0. The van der Waals surface area contributed by atoms with E-state index in [1.165, 1.54) is 36.0 Å². The van der Waals surface area contributed by atoms with E-state index in [4.69, 9.17) is 11.6 Å². The van der Waals surface area contributed by atoms with Crippen molar-refractivity contribution in [3.8, 4) is 0 Å². The van der Waals surface area contributed by atoms with Crippen molar-refractivity contribution in [1.29, 1.82) is 0 Å². The van der Waals surface area contributed by atoms with Crippen molar-refractivity contribution in [2.24, 2.45) is 5.90 Å². The van der Waals surface area contributed by atoms with Gasteiger partial charge in [0.2, 0.25) is 0 Å². The highest BCUT2D eigenvalue weighted by atomic mass is 16.7. The average Bonchev–Trinajstić information content (AvgIpc) is 3.44. The smallest absolute Gasteiger partial charge is 0.352 e. The van der Waals surface area contributed by atoms with Crippen LogP contribution in [0.4, 0.5) is 5.69 Å². The van der Waals surface area contributed by atoms with Gasteiger partial charge in [-0.05, 0) is 80.3 Å². The first-order valence-corrected chi connectivity index (χ1v) is 10.7. The predicted molar refractivity (Wildman–Crippen MR) is 118 cm³/mol. The molecule has 1 atom stereocenters. The van der Waals surface area contributed by atoms with Gasteiger partial charge in [-0.2, -0.15) is 5.90 Å². The first-order valence-electron chi connectivity index (χ1n) is 10.7. The molecular formula is C24H31N3O3. The van der Waals surface area contributed by atoms with E-state index in [-0.39, 0.29) is 5.78 Å². The number of nitrogen functional groups attached to an aromatic ring is 1. The molecule has 2 aromatic rings. The summed E-state index contributed by atoms with van der Waals surface area (Å²) in [5, 5.41) is 2.97. The molecule has 1 aliphatic heterocycles. The van der Waals surface area contributed by atoms with Crippen LogP contribution in [0, 0.1) is 0 Å². The number of nitrogens with one attached hydrogen (secondary N) is 1. The third kappa shape index (κ3) is 5.26. The van der Waals surface area contributed by atoms with Crippen molar-refractivity contribution in [1.82, 2.24) is 5.32 Å². The van der Waals surface area contributed by atoms with E-state index in [9.17, 15) is 9.59 Å². The van der Waals surface area contributed by atoms with Gasteiger partial charge in [0.05, 0.1) is 0 Å². The lowest BCUT2D eigenvalue weighted by molar-refractivity contribution is -0.155. The largest absolute Gasteiger partial charge is 0.399 e. The topological polar surface area (TPSA) is 107 Å². The fraction of sp³-hybridized carbons (Fsp3) is 0.417. The van der Waals surface area contributed by atoms with Crippen molar-refractivity contribution in [3.63, 3.8) is 0 Å². The third-order valence-electron chi connectivity index (χ3n) is 5.92. The maximum atomic E-state index is 12.3. The number of anilines is 1. The van der Waals surface area contributed by atoms with Crippen molar-refractivity contribution in [3.05, 3.63) is 65.2 Å². The molecule has 4 rings (SSSR count). The van der Waals surface area contributed by atoms with Gasteiger partial charge in [0, 0.05) is 12.1 Å². The molecule has 0 amide bonds. The Morgan fingerprint density at radius 1 is 1.03 bits per heavy atom. The van der Waals surface area contributed by atoms with E-state index in [0.29, 0.717) is 25.8 Å². The van der Waals surface area contributed by atoms with Crippen LogP contribution in [0.15, 0.2) is 48.5 Å². The fourth-order valence-electron chi connectivity index (χ4n) is 4.27. The normalized spacial score (nSPS) is 19.5. The quantitative estimate of drug-likeness (QED) is 0.385. The number of carbonyl (C=O) groups is 2. The highest BCUT2D eigenvalue weighted by molar-refractivity contribution is 6.08. The zero-order valence-electron chi connectivity index (χ0n) is 17.4. The molecule has 1 fully saturated rings. The number of benzene rings is 2. The first-order chi connectivity index (χ1) is 14.5. The molecule has 0 bridgehead atoms. The summed E-state index contributed by atoms with van der Waals surface area (Å²) in [6, 6.07) is 16.2. The van der Waals surface area contributed by atoms with Gasteiger partial charge in [-0.15, -0.1) is 0 Å². The third-order valence-corrected chi connectivity index (χ3v) is 5.92. The van der Waals surface area contributed by atoms with Crippen molar-refractivity contribution < 1.29 is 14.4 Å². The standard InChI is InChI=1S/C15H20N2O3.C9H11N/c16-20-14(19)15(10-5-11-17-15)13(18)9-4-8-12-6-2-1-3-7-12;10-9-5-4-7-2-1-3-8(7)6-9/h1-3,6-7,17H,4-5,8-11,16H2;4-6H,1-3,10H2/t15-;/m1./s1. The lowest BCUT2D eigenvalue weighted by Gasteiger charge is -2.24. The summed E-state index contributed by atoms with van der Waals surface area (Å²) in [4.78, 5) is 28.4. The Balaban J connectivity index is 0.000000212. The molecule has 0 radical (unpaired) electrons. The lowest BCUT2D eigenvalue weighted by Crippen LogP contribution is -2.55. The first kappa shape index (κ1) is 22.0. The predicted octanol–water partition coefficient (Wildman–Crippen LogP) is 2.88. The van der Waals surface area contributed by atoms with Gasteiger partial charge in [0.15, 0.2) is 11.3 Å². The Kier molecular flexibility index (Phi) is 7.60. The number of rotatable bonds is 6. The number of ketones is 1. The molecule has 5 N–H and O–H groups in total. The van der Waals surface area contributed by atoms with Crippen LogP contribution in [0.25, 0.3) is 0 Å². The van der Waals surface area contributed by atoms with E-state index >= 15 is 0 Å². The molecule has 1 heterocycles. The van der Waals surface area contributed by atoms with Crippen LogP contribution in [0.1, 0.15) is 48.8 Å². The maximum Gasteiger partial charge on any atom is 0.352 e. The molecule has 160 valence electrons. The fourth-order valence-corrected chi connectivity index (χ4v) is 4.27. The highest BCUT2D eigenvalue weighted by Crippen LogP contribution is 2.24. The van der Waals surface area contributed by atoms with E-state index in [1.54, 1.807) is 0 Å². The second kappa shape index (κ2) is 10.4. The zero-order chi connectivity index (χ0) is 21.4. The molecule has 2 aromatic carbocycles. The van der Waals surface area contributed by atoms with Gasteiger partial charge >= 0.3 is 5.97 Å².